The van der Waals surface area contributed by atoms with E-state index in [4.69, 9.17) is 9.47 Å². The van der Waals surface area contributed by atoms with Crippen LogP contribution in [0.2, 0.25) is 0 Å². The Kier molecular flexibility index (Phi) is 11.6. The van der Waals surface area contributed by atoms with Gasteiger partial charge in [0.25, 0.3) is 0 Å². The Balaban J connectivity index is 1.49. The first-order chi connectivity index (χ1) is 23.6. The molecule has 256 valence electrons. The second-order valence-electron chi connectivity index (χ2n) is 13.6. The number of ether oxygens (including phenoxy) is 2. The first-order valence-corrected chi connectivity index (χ1v) is 17.3. The molecule has 2 heterocycles. The Labute approximate surface area is 290 Å². The number of hydrogen-bond donors (Lipinski definition) is 1. The molecule has 1 unspecified atom stereocenters. The normalized spacial score (nSPS) is 12.1. The summed E-state index contributed by atoms with van der Waals surface area (Å²) >= 11 is 0. The number of aromatic nitrogens is 2. The van der Waals surface area contributed by atoms with Crippen LogP contribution < -0.4 is 0 Å². The average Bonchev–Trinajstić information content (AvgIpc) is 3.48. The van der Waals surface area contributed by atoms with E-state index < -0.39 is 5.41 Å². The summed E-state index contributed by atoms with van der Waals surface area (Å²) in [5, 5.41) is 1.03. The zero-order chi connectivity index (χ0) is 35.0. The number of carbonyl (C=O) groups excluding carboxylic acids is 2. The molecule has 0 spiro atoms. The van der Waals surface area contributed by atoms with Gasteiger partial charge in [-0.15, -0.1) is 0 Å². The minimum Gasteiger partial charge on any atom is -0.465 e. The van der Waals surface area contributed by atoms with E-state index >= 15 is 0 Å². The molecule has 1 amide bonds. The highest BCUT2D eigenvalue weighted by Gasteiger charge is 2.33. The van der Waals surface area contributed by atoms with Crippen LogP contribution in [0.1, 0.15) is 79.8 Å². The number of fused-ring (bicyclic) bond motifs is 1. The number of carbonyl (C=O) groups is 2. The molecule has 5 rings (SSSR count). The number of benzene rings is 3. The lowest BCUT2D eigenvalue weighted by atomic mass is 9.83. The minimum atomic E-state index is -0.829. The van der Waals surface area contributed by atoms with Gasteiger partial charge in [0.15, 0.2) is 0 Å². The maximum absolute atomic E-state index is 13.8. The van der Waals surface area contributed by atoms with Crippen molar-refractivity contribution in [2.24, 2.45) is 0 Å². The van der Waals surface area contributed by atoms with Gasteiger partial charge in [0, 0.05) is 42.3 Å². The van der Waals surface area contributed by atoms with E-state index in [9.17, 15) is 9.59 Å². The van der Waals surface area contributed by atoms with Crippen molar-refractivity contribution in [1.82, 2.24) is 14.9 Å². The topological polar surface area (TPSA) is 84.5 Å². The van der Waals surface area contributed by atoms with Crippen LogP contribution in [0.3, 0.4) is 0 Å². The number of amides is 1. The van der Waals surface area contributed by atoms with Gasteiger partial charge in [0.1, 0.15) is 6.61 Å². The first-order valence-electron chi connectivity index (χ1n) is 17.3. The number of hydrogen-bond acceptors (Lipinski definition) is 5. The van der Waals surface area contributed by atoms with Gasteiger partial charge in [-0.25, -0.2) is 4.79 Å². The molecule has 0 radical (unpaired) electrons. The number of nitrogens with zero attached hydrogens (tertiary/aromatic N) is 2. The molecule has 7 nitrogen and oxygen atoms in total. The molecule has 49 heavy (non-hydrogen) atoms. The van der Waals surface area contributed by atoms with Gasteiger partial charge in [-0.05, 0) is 118 Å². The monoisotopic (exact) mass is 659 g/mol. The maximum atomic E-state index is 13.8. The number of H-pyrrole nitrogens is 1. The zero-order valence-electron chi connectivity index (χ0n) is 29.7. The molecule has 0 aliphatic heterocycles. The number of nitrogens with one attached hydrogen (secondary N) is 1. The van der Waals surface area contributed by atoms with Gasteiger partial charge in [-0.2, -0.15) is 0 Å². The average molecular weight is 660 g/mol. The number of esters is 1. The van der Waals surface area contributed by atoms with E-state index in [1.54, 1.807) is 0 Å². The second-order valence-corrected chi connectivity index (χ2v) is 13.6. The molecular formula is C42H49N3O4. The summed E-state index contributed by atoms with van der Waals surface area (Å²) in [4.78, 5) is 36.5. The number of rotatable bonds is 14. The Hall–Kier alpha value is -4.91. The Bertz CT molecular complexity index is 1840. The van der Waals surface area contributed by atoms with Crippen molar-refractivity contribution in [3.8, 4) is 11.3 Å². The van der Waals surface area contributed by atoms with Crippen molar-refractivity contribution in [2.45, 2.75) is 78.7 Å². The van der Waals surface area contributed by atoms with Crippen LogP contribution in [-0.4, -0.2) is 46.6 Å². The third-order valence-corrected chi connectivity index (χ3v) is 9.20. The molecule has 0 aliphatic carbocycles. The standard InChI is InChI=1S/C42H49N3O4/c1-7-48-40(46)42(5,6)35-16-17-37-36(26-35)38(39(44-37)34-24-29(2)23-30(3)25-34)31(4)27-45(22-12-11-13-32-18-20-43-21-19-32)41(47)49-28-33-14-9-8-10-15-33/h8-10,14-21,23-26,31,44H,7,11-13,22,27-28H2,1-6H3. The molecule has 5 aromatic rings. The fourth-order valence-corrected chi connectivity index (χ4v) is 6.56. The van der Waals surface area contributed by atoms with Crippen molar-refractivity contribution in [3.05, 3.63) is 125 Å². The van der Waals surface area contributed by atoms with Crippen molar-refractivity contribution in [1.29, 1.82) is 0 Å². The number of aromatic amines is 1. The zero-order valence-corrected chi connectivity index (χ0v) is 29.7. The van der Waals surface area contributed by atoms with E-state index in [0.29, 0.717) is 19.7 Å². The summed E-state index contributed by atoms with van der Waals surface area (Å²) in [7, 11) is 0. The summed E-state index contributed by atoms with van der Waals surface area (Å²) in [6.07, 6.45) is 6.01. The molecular weight excluding hydrogens is 610 g/mol. The molecule has 1 N–H and O–H groups in total. The second kappa shape index (κ2) is 16.0. The van der Waals surface area contributed by atoms with Crippen LogP contribution in [0, 0.1) is 13.8 Å². The third-order valence-electron chi connectivity index (χ3n) is 9.20. The summed E-state index contributed by atoms with van der Waals surface area (Å²) in [6, 6.07) is 26.6. The van der Waals surface area contributed by atoms with Gasteiger partial charge in [0.05, 0.1) is 17.7 Å². The molecule has 7 heteroatoms. The van der Waals surface area contributed by atoms with Gasteiger partial charge in [-0.3, -0.25) is 9.78 Å². The first kappa shape index (κ1) is 35.4. The lowest BCUT2D eigenvalue weighted by molar-refractivity contribution is -0.148. The number of aryl methyl sites for hydroxylation is 3. The molecule has 3 aromatic carbocycles. The summed E-state index contributed by atoms with van der Waals surface area (Å²) in [5.41, 5.74) is 8.81. The molecule has 0 saturated carbocycles. The Morgan fingerprint density at radius 1 is 0.878 bits per heavy atom. The molecule has 2 aromatic heterocycles. The van der Waals surface area contributed by atoms with E-state index in [-0.39, 0.29) is 24.6 Å². The van der Waals surface area contributed by atoms with Crippen LogP contribution >= 0.6 is 0 Å². The van der Waals surface area contributed by atoms with Crippen molar-refractivity contribution in [3.63, 3.8) is 0 Å². The lowest BCUT2D eigenvalue weighted by Crippen LogP contribution is -2.35. The van der Waals surface area contributed by atoms with Gasteiger partial charge in [-0.1, -0.05) is 60.5 Å². The third kappa shape index (κ3) is 8.77. The van der Waals surface area contributed by atoms with E-state index in [1.165, 1.54) is 16.7 Å². The van der Waals surface area contributed by atoms with Crippen molar-refractivity contribution >= 4 is 23.0 Å². The van der Waals surface area contributed by atoms with E-state index in [2.05, 4.69) is 61.1 Å². The predicted molar refractivity (Wildman–Crippen MR) is 197 cm³/mol. The van der Waals surface area contributed by atoms with E-state index in [1.807, 2.05) is 86.6 Å². The Morgan fingerprint density at radius 2 is 1.59 bits per heavy atom. The van der Waals surface area contributed by atoms with E-state index in [0.717, 1.165) is 58.1 Å². The molecule has 0 fully saturated rings. The quantitative estimate of drug-likeness (QED) is 0.0948. The van der Waals surface area contributed by atoms with Gasteiger partial charge < -0.3 is 19.4 Å². The smallest absolute Gasteiger partial charge is 0.410 e. The van der Waals surface area contributed by atoms with Crippen LogP contribution in [-0.2, 0) is 32.7 Å². The van der Waals surface area contributed by atoms with Crippen LogP contribution in [0.15, 0.2) is 91.3 Å². The van der Waals surface area contributed by atoms with Crippen LogP contribution in [0.4, 0.5) is 4.79 Å². The maximum Gasteiger partial charge on any atom is 0.410 e. The minimum absolute atomic E-state index is 0.0602. The number of pyridine rings is 1. The summed E-state index contributed by atoms with van der Waals surface area (Å²) < 4.78 is 11.3. The highest BCUT2D eigenvalue weighted by atomic mass is 16.6. The van der Waals surface area contributed by atoms with Crippen molar-refractivity contribution < 1.29 is 19.1 Å². The SMILES string of the molecule is CCOC(=O)C(C)(C)c1ccc2[nH]c(-c3cc(C)cc(C)c3)c(C(C)CN(CCCCc3ccncc3)C(=O)OCc3ccccc3)c2c1. The molecule has 0 aliphatic rings. The summed E-state index contributed by atoms with van der Waals surface area (Å²) in [6.45, 7) is 13.6. The number of unbranched alkanes of at least 4 members (excludes halogenated alkanes) is 1. The van der Waals surface area contributed by atoms with Gasteiger partial charge >= 0.3 is 12.1 Å². The Morgan fingerprint density at radius 3 is 2.29 bits per heavy atom. The van der Waals surface area contributed by atoms with Crippen LogP contribution in [0.25, 0.3) is 22.2 Å². The highest BCUT2D eigenvalue weighted by Crippen LogP contribution is 2.39. The fourth-order valence-electron chi connectivity index (χ4n) is 6.56. The van der Waals surface area contributed by atoms with Crippen molar-refractivity contribution in [2.75, 3.05) is 19.7 Å². The molecule has 0 saturated heterocycles. The molecule has 0 bridgehead atoms. The predicted octanol–water partition coefficient (Wildman–Crippen LogP) is 9.45. The van der Waals surface area contributed by atoms with Gasteiger partial charge in [0.2, 0.25) is 0 Å². The van der Waals surface area contributed by atoms with Crippen LogP contribution in [0.5, 0.6) is 0 Å². The summed E-state index contributed by atoms with van der Waals surface area (Å²) in [5.74, 6) is -0.317. The fraction of sp³-hybridized carbons (Fsp3) is 0.357. The highest BCUT2D eigenvalue weighted by molar-refractivity contribution is 5.94. The largest absolute Gasteiger partial charge is 0.465 e. The lowest BCUT2D eigenvalue weighted by Gasteiger charge is -2.27. The molecule has 1 atom stereocenters.